The van der Waals surface area contributed by atoms with E-state index in [1.807, 2.05) is 0 Å². The Labute approximate surface area is 117 Å². The summed E-state index contributed by atoms with van der Waals surface area (Å²) < 4.78 is 5.67. The van der Waals surface area contributed by atoms with Gasteiger partial charge in [-0.25, -0.2) is 0 Å². The summed E-state index contributed by atoms with van der Waals surface area (Å²) in [6.07, 6.45) is 1.98. The molecule has 0 aliphatic heterocycles. The van der Waals surface area contributed by atoms with Gasteiger partial charge < -0.3 is 4.74 Å². The Morgan fingerprint density at radius 3 is 2.53 bits per heavy atom. The highest BCUT2D eigenvalue weighted by molar-refractivity contribution is 5.28. The Kier molecular flexibility index (Phi) is 5.98. The molecule has 0 amide bonds. The van der Waals surface area contributed by atoms with E-state index in [4.69, 9.17) is 10.6 Å². The van der Waals surface area contributed by atoms with Crippen molar-refractivity contribution in [1.82, 2.24) is 5.43 Å². The third kappa shape index (κ3) is 4.03. The normalized spacial score (nSPS) is 16.4. The number of nitrogens with two attached hydrogens (primary N) is 1. The maximum Gasteiger partial charge on any atom is 0.0854 e. The molecular formula is C16H28N2O. The van der Waals surface area contributed by atoms with E-state index in [0.717, 1.165) is 12.8 Å². The van der Waals surface area contributed by atoms with Gasteiger partial charge in [0.2, 0.25) is 0 Å². The van der Waals surface area contributed by atoms with Crippen molar-refractivity contribution in [3.63, 3.8) is 0 Å². The summed E-state index contributed by atoms with van der Waals surface area (Å²) in [5.74, 6) is 6.42. The minimum atomic E-state index is -0.300. The first-order chi connectivity index (χ1) is 8.96. The first kappa shape index (κ1) is 16.2. The van der Waals surface area contributed by atoms with E-state index < -0.39 is 0 Å². The molecule has 2 atom stereocenters. The van der Waals surface area contributed by atoms with Crippen LogP contribution in [0.2, 0.25) is 0 Å². The molecule has 0 fully saturated rings. The van der Waals surface area contributed by atoms with Gasteiger partial charge >= 0.3 is 0 Å². The van der Waals surface area contributed by atoms with Gasteiger partial charge in [-0.2, -0.15) is 0 Å². The van der Waals surface area contributed by atoms with Crippen molar-refractivity contribution in [2.45, 2.75) is 52.2 Å². The Balaban J connectivity index is 3.05. The van der Waals surface area contributed by atoms with E-state index in [-0.39, 0.29) is 11.6 Å². The molecule has 1 rings (SSSR count). The molecule has 19 heavy (non-hydrogen) atoms. The maximum atomic E-state index is 5.76. The molecule has 3 heteroatoms. The Hall–Kier alpha value is -0.900. The van der Waals surface area contributed by atoms with E-state index in [9.17, 15) is 0 Å². The zero-order valence-corrected chi connectivity index (χ0v) is 12.9. The van der Waals surface area contributed by atoms with Crippen LogP contribution < -0.4 is 11.3 Å². The highest BCUT2D eigenvalue weighted by Crippen LogP contribution is 2.31. The van der Waals surface area contributed by atoms with Crippen LogP contribution in [0.15, 0.2) is 24.3 Å². The lowest BCUT2D eigenvalue weighted by molar-refractivity contribution is -0.0300. The second-order valence-corrected chi connectivity index (χ2v) is 5.81. The third-order valence-electron chi connectivity index (χ3n) is 3.87. The van der Waals surface area contributed by atoms with Crippen LogP contribution in [0.25, 0.3) is 0 Å². The summed E-state index contributed by atoms with van der Waals surface area (Å²) in [5.41, 5.74) is 5.15. The van der Waals surface area contributed by atoms with Crippen LogP contribution in [0.4, 0.5) is 0 Å². The topological polar surface area (TPSA) is 47.3 Å². The van der Waals surface area contributed by atoms with Crippen LogP contribution in [-0.2, 0) is 11.2 Å². The number of methoxy groups -OCH3 is 1. The van der Waals surface area contributed by atoms with E-state index in [1.165, 1.54) is 11.1 Å². The van der Waals surface area contributed by atoms with Gasteiger partial charge in [0.15, 0.2) is 0 Å². The van der Waals surface area contributed by atoms with Gasteiger partial charge in [-0.15, -0.1) is 0 Å². The molecule has 2 unspecified atom stereocenters. The zero-order valence-electron chi connectivity index (χ0n) is 12.9. The smallest absolute Gasteiger partial charge is 0.0854 e. The predicted molar refractivity (Wildman–Crippen MR) is 80.8 cm³/mol. The maximum absolute atomic E-state index is 5.76. The van der Waals surface area contributed by atoms with E-state index >= 15 is 0 Å². The van der Waals surface area contributed by atoms with Crippen LogP contribution in [0.1, 0.15) is 51.3 Å². The Morgan fingerprint density at radius 2 is 2.05 bits per heavy atom. The summed E-state index contributed by atoms with van der Waals surface area (Å²) in [4.78, 5) is 0. The predicted octanol–water partition coefficient (Wildman–Crippen LogP) is 3.20. The van der Waals surface area contributed by atoms with Crippen molar-refractivity contribution >= 4 is 0 Å². The average Bonchev–Trinajstić information content (AvgIpc) is 2.39. The highest BCUT2D eigenvalue weighted by Gasteiger charge is 2.33. The molecule has 0 aliphatic carbocycles. The van der Waals surface area contributed by atoms with Crippen LogP contribution in [0.5, 0.6) is 0 Å². The van der Waals surface area contributed by atoms with Crippen molar-refractivity contribution < 1.29 is 4.74 Å². The molecule has 0 saturated carbocycles. The lowest BCUT2D eigenvalue weighted by Gasteiger charge is -2.35. The summed E-state index contributed by atoms with van der Waals surface area (Å²) >= 11 is 0. The molecule has 0 heterocycles. The first-order valence-electron chi connectivity index (χ1n) is 7.07. The van der Waals surface area contributed by atoms with E-state index in [2.05, 4.69) is 57.4 Å². The molecule has 0 bridgehead atoms. The average molecular weight is 264 g/mol. The second kappa shape index (κ2) is 7.04. The fourth-order valence-electron chi connectivity index (χ4n) is 2.46. The molecule has 108 valence electrons. The summed E-state index contributed by atoms with van der Waals surface area (Å²) in [7, 11) is 1.74. The van der Waals surface area contributed by atoms with Crippen LogP contribution in [0, 0.1) is 5.92 Å². The molecule has 1 aromatic carbocycles. The van der Waals surface area contributed by atoms with Gasteiger partial charge in [-0.3, -0.25) is 11.3 Å². The lowest BCUT2D eigenvalue weighted by Crippen LogP contribution is -2.45. The quantitative estimate of drug-likeness (QED) is 0.587. The van der Waals surface area contributed by atoms with Crippen molar-refractivity contribution in [2.75, 3.05) is 7.11 Å². The molecule has 0 spiro atoms. The molecule has 0 radical (unpaired) electrons. The first-order valence-corrected chi connectivity index (χ1v) is 7.07. The minimum Gasteiger partial charge on any atom is -0.376 e. The van der Waals surface area contributed by atoms with E-state index in [0.29, 0.717) is 5.92 Å². The van der Waals surface area contributed by atoms with Gasteiger partial charge in [-0.05, 0) is 36.8 Å². The monoisotopic (exact) mass is 264 g/mol. The Morgan fingerprint density at radius 1 is 1.37 bits per heavy atom. The summed E-state index contributed by atoms with van der Waals surface area (Å²) in [6, 6.07) is 8.62. The van der Waals surface area contributed by atoms with Gasteiger partial charge in [0.05, 0.1) is 11.6 Å². The van der Waals surface area contributed by atoms with Gasteiger partial charge in [0, 0.05) is 7.11 Å². The lowest BCUT2D eigenvalue weighted by atomic mass is 9.87. The van der Waals surface area contributed by atoms with Crippen molar-refractivity contribution in [3.8, 4) is 0 Å². The fourth-order valence-corrected chi connectivity index (χ4v) is 2.46. The van der Waals surface area contributed by atoms with Crippen molar-refractivity contribution in [1.29, 1.82) is 0 Å². The number of hydrazine groups is 1. The fraction of sp³-hybridized carbons (Fsp3) is 0.625. The number of nitrogens with one attached hydrogen (secondary N) is 1. The van der Waals surface area contributed by atoms with Gasteiger partial charge in [-0.1, -0.05) is 45.0 Å². The second-order valence-electron chi connectivity index (χ2n) is 5.81. The summed E-state index contributed by atoms with van der Waals surface area (Å²) in [5, 5.41) is 0. The highest BCUT2D eigenvalue weighted by atomic mass is 16.5. The van der Waals surface area contributed by atoms with Crippen LogP contribution in [0.3, 0.4) is 0 Å². The zero-order chi connectivity index (χ0) is 14.5. The van der Waals surface area contributed by atoms with Gasteiger partial charge in [0.25, 0.3) is 0 Å². The SMILES string of the molecule is CCC(C)(OC)C(NN)c1cccc(CC(C)C)c1. The minimum absolute atomic E-state index is 0.00499. The molecule has 3 N–H and O–H groups in total. The number of ether oxygens (including phenoxy) is 1. The molecule has 0 aromatic heterocycles. The number of hydrogen-bond donors (Lipinski definition) is 2. The molecule has 0 saturated heterocycles. The molecular weight excluding hydrogens is 236 g/mol. The van der Waals surface area contributed by atoms with Gasteiger partial charge in [0.1, 0.15) is 0 Å². The largest absolute Gasteiger partial charge is 0.376 e. The van der Waals surface area contributed by atoms with Crippen LogP contribution in [-0.4, -0.2) is 12.7 Å². The van der Waals surface area contributed by atoms with Crippen molar-refractivity contribution in [3.05, 3.63) is 35.4 Å². The molecule has 0 aliphatic rings. The molecule has 1 aromatic rings. The number of rotatable bonds is 7. The number of hydrogen-bond acceptors (Lipinski definition) is 3. The Bertz CT molecular complexity index is 386. The van der Waals surface area contributed by atoms with Crippen LogP contribution >= 0.6 is 0 Å². The standard InChI is InChI=1S/C16H28N2O/c1-6-16(4,19-5)15(18-17)14-9-7-8-13(11-14)10-12(2)3/h7-9,11-12,15,18H,6,10,17H2,1-5H3. The summed E-state index contributed by atoms with van der Waals surface area (Å²) in [6.45, 7) is 8.67. The van der Waals surface area contributed by atoms with Crippen molar-refractivity contribution in [2.24, 2.45) is 11.8 Å². The van der Waals surface area contributed by atoms with E-state index in [1.54, 1.807) is 7.11 Å². The molecule has 3 nitrogen and oxygen atoms in total. The number of benzene rings is 1. The third-order valence-corrected chi connectivity index (χ3v) is 3.87.